The topological polar surface area (TPSA) is 85.0 Å². The van der Waals surface area contributed by atoms with Gasteiger partial charge in [0, 0.05) is 4.97 Å². The zero-order valence-corrected chi connectivity index (χ0v) is 10.1. The largest absolute Gasteiger partial charge is 1.00 e. The SMILES string of the molecule is CCCCN(CCO)/[N+]([O-])=N/[O-].[Na+]. The molecule has 0 spiro atoms. The second kappa shape index (κ2) is 10.0. The standard InChI is InChI=1S/C6H15N3O3.Na/c1-2-3-4-8(5-6-10)9(12)7-11;/h10-11H,2-6H2,1H3;/q;+1/p-1/b9-7-;. The Morgan fingerprint density at radius 1 is 1.46 bits per heavy atom. The minimum atomic E-state index is -0.155. The van der Waals surface area contributed by atoms with Gasteiger partial charge in [-0.3, -0.25) is 0 Å². The van der Waals surface area contributed by atoms with Gasteiger partial charge in [-0.05, 0) is 11.7 Å². The van der Waals surface area contributed by atoms with Gasteiger partial charge >= 0.3 is 29.6 Å². The molecule has 0 aliphatic heterocycles. The molecule has 7 heteroatoms. The van der Waals surface area contributed by atoms with Crippen LogP contribution in [0.15, 0.2) is 5.28 Å². The van der Waals surface area contributed by atoms with E-state index in [9.17, 15) is 10.4 Å². The zero-order chi connectivity index (χ0) is 9.40. The molecule has 0 radical (unpaired) electrons. The molecule has 0 amide bonds. The van der Waals surface area contributed by atoms with Crippen LogP contribution in [0.4, 0.5) is 0 Å². The van der Waals surface area contributed by atoms with Gasteiger partial charge in [-0.2, -0.15) is 0 Å². The summed E-state index contributed by atoms with van der Waals surface area (Å²) in [5.74, 6) is 0. The fourth-order valence-corrected chi connectivity index (χ4v) is 0.791. The number of unbranched alkanes of at least 4 members (excludes halogenated alkanes) is 1. The predicted molar refractivity (Wildman–Crippen MR) is 43.0 cm³/mol. The first-order chi connectivity index (χ1) is 5.76. The van der Waals surface area contributed by atoms with E-state index in [0.717, 1.165) is 17.9 Å². The third-order valence-electron chi connectivity index (χ3n) is 1.44. The molecule has 0 aromatic carbocycles. The molecule has 0 rings (SSSR count). The van der Waals surface area contributed by atoms with Gasteiger partial charge in [0.2, 0.25) is 0 Å². The molecule has 0 aliphatic carbocycles. The van der Waals surface area contributed by atoms with Gasteiger partial charge in [-0.15, -0.1) is 5.01 Å². The number of aliphatic hydroxyl groups is 1. The van der Waals surface area contributed by atoms with E-state index in [1.807, 2.05) is 6.92 Å². The monoisotopic (exact) mass is 199 g/mol. The average molecular weight is 199 g/mol. The molecule has 0 bridgehead atoms. The van der Waals surface area contributed by atoms with Crippen LogP contribution < -0.4 is 29.6 Å². The number of hydrogen-bond acceptors (Lipinski definition) is 4. The smallest absolute Gasteiger partial charge is 0.737 e. The second-order valence-corrected chi connectivity index (χ2v) is 2.37. The number of rotatable bonds is 6. The van der Waals surface area contributed by atoms with E-state index in [2.05, 4.69) is 5.28 Å². The summed E-state index contributed by atoms with van der Waals surface area (Å²) < 4.78 is 0. The van der Waals surface area contributed by atoms with Gasteiger partial charge in [0.15, 0.2) is 0 Å². The van der Waals surface area contributed by atoms with Crippen molar-refractivity contribution in [3.63, 3.8) is 0 Å². The van der Waals surface area contributed by atoms with E-state index in [4.69, 9.17) is 5.11 Å². The van der Waals surface area contributed by atoms with Crippen LogP contribution in [0.1, 0.15) is 19.8 Å². The Bertz CT molecular complexity index is 145. The number of hydrogen-bond donors (Lipinski definition) is 1. The molecular formula is C6H14N3NaO3. The van der Waals surface area contributed by atoms with Crippen molar-refractivity contribution in [2.45, 2.75) is 19.8 Å². The van der Waals surface area contributed by atoms with E-state index in [1.165, 1.54) is 0 Å². The second-order valence-electron chi connectivity index (χ2n) is 2.37. The summed E-state index contributed by atoms with van der Waals surface area (Å²) in [5.41, 5.74) is 0. The molecular weight excluding hydrogens is 185 g/mol. The fourth-order valence-electron chi connectivity index (χ4n) is 0.791. The maximum atomic E-state index is 10.7. The van der Waals surface area contributed by atoms with E-state index in [-0.39, 0.29) is 47.7 Å². The number of nitrogens with zero attached hydrogens (tertiary/aromatic N) is 3. The van der Waals surface area contributed by atoms with E-state index >= 15 is 0 Å². The summed E-state index contributed by atoms with van der Waals surface area (Å²) >= 11 is 0. The maximum absolute atomic E-state index is 10.7. The third-order valence-corrected chi connectivity index (χ3v) is 1.44. The Morgan fingerprint density at radius 3 is 2.46 bits per heavy atom. The van der Waals surface area contributed by atoms with Gasteiger partial charge in [-0.25, -0.2) is 0 Å². The van der Waals surface area contributed by atoms with Crippen LogP contribution >= 0.6 is 0 Å². The first-order valence-corrected chi connectivity index (χ1v) is 3.92. The quantitative estimate of drug-likeness (QED) is 0.221. The van der Waals surface area contributed by atoms with Crippen LogP contribution in [-0.2, 0) is 0 Å². The van der Waals surface area contributed by atoms with Crippen molar-refractivity contribution in [1.29, 1.82) is 0 Å². The van der Waals surface area contributed by atoms with E-state index in [0.29, 0.717) is 6.54 Å². The summed E-state index contributed by atoms with van der Waals surface area (Å²) in [6, 6.07) is 0. The Kier molecular flexibility index (Phi) is 11.9. The first-order valence-electron chi connectivity index (χ1n) is 3.92. The molecule has 0 heterocycles. The minimum Gasteiger partial charge on any atom is -0.737 e. The van der Waals surface area contributed by atoms with Crippen LogP contribution in [0.2, 0.25) is 0 Å². The van der Waals surface area contributed by atoms with Crippen molar-refractivity contribution in [3.05, 3.63) is 10.4 Å². The summed E-state index contributed by atoms with van der Waals surface area (Å²) in [6.07, 6.45) is 1.73. The van der Waals surface area contributed by atoms with Gasteiger partial charge in [-0.1, -0.05) is 13.3 Å². The fraction of sp³-hybridized carbons (Fsp3) is 1.00. The molecule has 0 fully saturated rings. The van der Waals surface area contributed by atoms with E-state index in [1.54, 1.807) is 0 Å². The summed E-state index contributed by atoms with van der Waals surface area (Å²) in [4.78, 5) is -0.0219. The van der Waals surface area contributed by atoms with Crippen LogP contribution in [0.3, 0.4) is 0 Å². The molecule has 6 nitrogen and oxygen atoms in total. The predicted octanol–water partition coefficient (Wildman–Crippen LogP) is -2.54. The van der Waals surface area contributed by atoms with Crippen molar-refractivity contribution in [2.24, 2.45) is 5.28 Å². The molecule has 13 heavy (non-hydrogen) atoms. The maximum Gasteiger partial charge on any atom is 1.00 e. The Balaban J connectivity index is 0. The van der Waals surface area contributed by atoms with E-state index < -0.39 is 0 Å². The van der Waals surface area contributed by atoms with Gasteiger partial charge < -0.3 is 15.5 Å². The Morgan fingerprint density at radius 2 is 2.08 bits per heavy atom. The third kappa shape index (κ3) is 7.06. The van der Waals surface area contributed by atoms with Crippen LogP contribution in [0.5, 0.6) is 0 Å². The zero-order valence-electron chi connectivity index (χ0n) is 8.14. The van der Waals surface area contributed by atoms with Crippen LogP contribution in [-0.4, -0.2) is 34.8 Å². The van der Waals surface area contributed by atoms with Crippen molar-refractivity contribution in [1.82, 2.24) is 5.01 Å². The Hall–Kier alpha value is -0.0400. The molecule has 0 aromatic heterocycles. The Labute approximate surface area is 99.7 Å². The molecule has 0 atom stereocenters. The van der Waals surface area contributed by atoms with Gasteiger partial charge in [0.05, 0.1) is 19.7 Å². The van der Waals surface area contributed by atoms with Crippen LogP contribution in [0.25, 0.3) is 0 Å². The molecule has 0 unspecified atom stereocenters. The number of hydrazine groups is 1. The normalized spacial score (nSPS) is 10.8. The first kappa shape index (κ1) is 15.4. The van der Waals surface area contributed by atoms with Crippen molar-refractivity contribution in [2.75, 3.05) is 19.7 Å². The molecule has 0 aromatic rings. The van der Waals surface area contributed by atoms with Crippen molar-refractivity contribution in [3.8, 4) is 0 Å². The number of aliphatic hydroxyl groups excluding tert-OH is 1. The van der Waals surface area contributed by atoms with Crippen molar-refractivity contribution < 1.29 is 39.6 Å². The van der Waals surface area contributed by atoms with Crippen molar-refractivity contribution >= 4 is 0 Å². The molecule has 0 aliphatic rings. The van der Waals surface area contributed by atoms with Gasteiger partial charge in [0.25, 0.3) is 0 Å². The molecule has 72 valence electrons. The molecule has 0 saturated heterocycles. The molecule has 0 saturated carbocycles. The molecule has 1 N–H and O–H groups in total. The van der Waals surface area contributed by atoms with Crippen LogP contribution in [0, 0.1) is 10.4 Å². The summed E-state index contributed by atoms with van der Waals surface area (Å²) in [6.45, 7) is 2.42. The van der Waals surface area contributed by atoms with Gasteiger partial charge in [0.1, 0.15) is 0 Å². The average Bonchev–Trinajstić information content (AvgIpc) is 2.11. The minimum absolute atomic E-state index is 0. The summed E-state index contributed by atoms with van der Waals surface area (Å²) in [7, 11) is 0. The summed E-state index contributed by atoms with van der Waals surface area (Å²) in [5, 5.41) is 32.4.